The van der Waals surface area contributed by atoms with E-state index in [2.05, 4.69) is 9.98 Å². The minimum atomic E-state index is -1.27. The maximum atomic E-state index is 11.2. The number of nitro groups is 1. The molecule has 0 aliphatic carbocycles. The van der Waals surface area contributed by atoms with Crippen molar-refractivity contribution in [2.45, 2.75) is 0 Å². The van der Waals surface area contributed by atoms with E-state index in [0.29, 0.717) is 5.56 Å². The van der Waals surface area contributed by atoms with E-state index in [1.807, 2.05) is 0 Å². The van der Waals surface area contributed by atoms with Crippen LogP contribution in [0.25, 0.3) is 10.4 Å². The number of carbonyl (C=O) groups is 1. The summed E-state index contributed by atoms with van der Waals surface area (Å²) >= 11 is 0.928. The van der Waals surface area contributed by atoms with Crippen LogP contribution in [0.1, 0.15) is 10.5 Å². The van der Waals surface area contributed by atoms with Crippen molar-refractivity contribution in [1.29, 1.82) is 0 Å². The van der Waals surface area contributed by atoms with Gasteiger partial charge in [0.25, 0.3) is 5.69 Å². The van der Waals surface area contributed by atoms with Gasteiger partial charge in [-0.1, -0.05) is 23.5 Å². The Hall–Kier alpha value is -3.01. The lowest BCUT2D eigenvalue weighted by Gasteiger charge is -1.98. The number of benzene rings is 1. The number of rotatable bonds is 4. The van der Waals surface area contributed by atoms with Gasteiger partial charge < -0.3 is 16.6 Å². The molecule has 9 nitrogen and oxygen atoms in total. The van der Waals surface area contributed by atoms with E-state index in [1.165, 1.54) is 18.2 Å². The van der Waals surface area contributed by atoms with Crippen LogP contribution in [0, 0.1) is 10.1 Å². The second-order valence-electron chi connectivity index (χ2n) is 3.82. The third kappa shape index (κ3) is 3.12. The van der Waals surface area contributed by atoms with Crippen LogP contribution in [-0.2, 0) is 0 Å². The van der Waals surface area contributed by atoms with Crippen molar-refractivity contribution in [1.82, 2.24) is 4.98 Å². The first-order valence-electron chi connectivity index (χ1n) is 5.47. The van der Waals surface area contributed by atoms with Crippen LogP contribution >= 0.6 is 11.3 Å². The minimum absolute atomic E-state index is 0.0638. The van der Waals surface area contributed by atoms with Gasteiger partial charge in [0.1, 0.15) is 0 Å². The molecule has 0 radical (unpaired) electrons. The third-order valence-corrected chi connectivity index (χ3v) is 3.36. The van der Waals surface area contributed by atoms with Gasteiger partial charge in [0.05, 0.1) is 9.80 Å². The highest BCUT2D eigenvalue weighted by Gasteiger charge is 2.20. The molecule has 5 N–H and O–H groups in total. The number of nitrogens with two attached hydrogens (primary N) is 2. The molecule has 2 rings (SSSR count). The SMILES string of the molecule is NC(N)=Nc1nc(C(=O)O)c(-c2cccc([N+](=O)[O-])c2)s1. The molecule has 0 aliphatic rings. The second-order valence-corrected chi connectivity index (χ2v) is 4.80. The second kappa shape index (κ2) is 5.54. The Labute approximate surface area is 121 Å². The van der Waals surface area contributed by atoms with E-state index in [1.54, 1.807) is 6.07 Å². The van der Waals surface area contributed by atoms with Crippen LogP contribution in [0.4, 0.5) is 10.8 Å². The smallest absolute Gasteiger partial charge is 0.356 e. The van der Waals surface area contributed by atoms with Crippen LogP contribution in [0.15, 0.2) is 29.3 Å². The lowest BCUT2D eigenvalue weighted by molar-refractivity contribution is -0.384. The number of nitrogens with zero attached hydrogens (tertiary/aromatic N) is 3. The first-order chi connectivity index (χ1) is 9.88. The summed E-state index contributed by atoms with van der Waals surface area (Å²) in [7, 11) is 0. The molecule has 2 aromatic rings. The Balaban J connectivity index is 2.59. The molecular formula is C11H9N5O4S. The van der Waals surface area contributed by atoms with Crippen molar-refractivity contribution < 1.29 is 14.8 Å². The Morgan fingerprint density at radius 1 is 1.43 bits per heavy atom. The van der Waals surface area contributed by atoms with Gasteiger partial charge >= 0.3 is 5.97 Å². The van der Waals surface area contributed by atoms with Crippen LogP contribution in [-0.4, -0.2) is 26.9 Å². The van der Waals surface area contributed by atoms with Gasteiger partial charge in [-0.2, -0.15) is 4.99 Å². The van der Waals surface area contributed by atoms with Crippen LogP contribution in [0.2, 0.25) is 0 Å². The molecule has 21 heavy (non-hydrogen) atoms. The molecule has 10 heteroatoms. The molecule has 0 fully saturated rings. The average molecular weight is 307 g/mol. The van der Waals surface area contributed by atoms with E-state index < -0.39 is 10.9 Å². The summed E-state index contributed by atoms with van der Waals surface area (Å²) in [6, 6.07) is 5.58. The van der Waals surface area contributed by atoms with Gasteiger partial charge in [-0.3, -0.25) is 10.1 Å². The molecule has 1 aromatic heterocycles. The van der Waals surface area contributed by atoms with Crippen molar-refractivity contribution in [2.24, 2.45) is 16.5 Å². The molecule has 108 valence electrons. The molecule has 1 heterocycles. The molecule has 0 amide bonds. The number of aromatic carboxylic acids is 1. The number of carboxylic acid groups (broad SMARTS) is 1. The highest BCUT2D eigenvalue weighted by molar-refractivity contribution is 7.19. The van der Waals surface area contributed by atoms with E-state index in [9.17, 15) is 14.9 Å². The molecule has 0 saturated heterocycles. The number of aliphatic imine (C=N–C) groups is 1. The normalized spacial score (nSPS) is 10.1. The molecule has 0 atom stereocenters. The van der Waals surface area contributed by atoms with Gasteiger partial charge in [-0.05, 0) is 0 Å². The molecule has 0 spiro atoms. The summed E-state index contributed by atoms with van der Waals surface area (Å²) in [5, 5.41) is 20.0. The van der Waals surface area contributed by atoms with Crippen molar-refractivity contribution in [3.63, 3.8) is 0 Å². The molecular weight excluding hydrogens is 298 g/mol. The van der Waals surface area contributed by atoms with E-state index >= 15 is 0 Å². The topological polar surface area (TPSA) is 158 Å². The highest BCUT2D eigenvalue weighted by Crippen LogP contribution is 2.35. The fraction of sp³-hybridized carbons (Fsp3) is 0. The minimum Gasteiger partial charge on any atom is -0.476 e. The number of aromatic nitrogens is 1. The van der Waals surface area contributed by atoms with Gasteiger partial charge in [-0.25, -0.2) is 9.78 Å². The maximum Gasteiger partial charge on any atom is 0.356 e. The Kier molecular flexibility index (Phi) is 3.80. The summed E-state index contributed by atoms with van der Waals surface area (Å²) < 4.78 is 0. The molecule has 0 unspecified atom stereocenters. The summed E-state index contributed by atoms with van der Waals surface area (Å²) in [5.74, 6) is -1.53. The van der Waals surface area contributed by atoms with Gasteiger partial charge in [0.2, 0.25) is 5.13 Å². The predicted octanol–water partition coefficient (Wildman–Crippen LogP) is 1.32. The summed E-state index contributed by atoms with van der Waals surface area (Å²) in [6.45, 7) is 0. The zero-order chi connectivity index (χ0) is 15.6. The van der Waals surface area contributed by atoms with E-state index in [4.69, 9.17) is 16.6 Å². The van der Waals surface area contributed by atoms with Crippen LogP contribution in [0.3, 0.4) is 0 Å². The largest absolute Gasteiger partial charge is 0.476 e. The number of nitro benzene ring substituents is 1. The lowest BCUT2D eigenvalue weighted by atomic mass is 10.1. The number of hydrogen-bond acceptors (Lipinski definition) is 6. The number of carboxylic acids is 1. The first-order valence-corrected chi connectivity index (χ1v) is 6.28. The van der Waals surface area contributed by atoms with Crippen LogP contribution < -0.4 is 11.5 Å². The van der Waals surface area contributed by atoms with Gasteiger partial charge in [0, 0.05) is 17.7 Å². The molecule has 0 bridgehead atoms. The fourth-order valence-electron chi connectivity index (χ4n) is 1.57. The summed E-state index contributed by atoms with van der Waals surface area (Å²) in [4.78, 5) is 29.2. The highest BCUT2D eigenvalue weighted by atomic mass is 32.1. The van der Waals surface area contributed by atoms with E-state index in [0.717, 1.165) is 11.3 Å². The molecule has 1 aromatic carbocycles. The maximum absolute atomic E-state index is 11.2. The third-order valence-electron chi connectivity index (χ3n) is 2.36. The molecule has 0 saturated carbocycles. The zero-order valence-corrected chi connectivity index (χ0v) is 11.2. The molecule has 0 aliphatic heterocycles. The van der Waals surface area contributed by atoms with Crippen LogP contribution in [0.5, 0.6) is 0 Å². The Morgan fingerprint density at radius 2 is 2.14 bits per heavy atom. The van der Waals surface area contributed by atoms with Gasteiger partial charge in [0.15, 0.2) is 11.7 Å². The zero-order valence-electron chi connectivity index (χ0n) is 10.4. The summed E-state index contributed by atoms with van der Waals surface area (Å²) in [6.07, 6.45) is 0. The first kappa shape index (κ1) is 14.4. The van der Waals surface area contributed by atoms with E-state index in [-0.39, 0.29) is 27.3 Å². The van der Waals surface area contributed by atoms with Gasteiger partial charge in [-0.15, -0.1) is 0 Å². The number of hydrogen-bond donors (Lipinski definition) is 3. The Morgan fingerprint density at radius 3 is 2.71 bits per heavy atom. The van der Waals surface area contributed by atoms with Crippen molar-refractivity contribution in [3.05, 3.63) is 40.1 Å². The fourth-order valence-corrected chi connectivity index (χ4v) is 2.51. The predicted molar refractivity (Wildman–Crippen MR) is 76.6 cm³/mol. The van der Waals surface area contributed by atoms with Crippen molar-refractivity contribution >= 4 is 34.1 Å². The Bertz CT molecular complexity index is 751. The number of non-ortho nitro benzene ring substituents is 1. The summed E-state index contributed by atoms with van der Waals surface area (Å²) in [5.41, 5.74) is 10.4. The number of thiazole rings is 1. The van der Waals surface area contributed by atoms with Crippen molar-refractivity contribution in [2.75, 3.05) is 0 Å². The lowest BCUT2D eigenvalue weighted by Crippen LogP contribution is -2.21. The average Bonchev–Trinajstić information content (AvgIpc) is 2.82. The van der Waals surface area contributed by atoms with Crippen molar-refractivity contribution in [3.8, 4) is 10.4 Å². The standard InChI is InChI=1S/C11H9N5O4S/c12-10(13)15-11-14-7(9(17)18)8(21-11)5-2-1-3-6(4-5)16(19)20/h1-4H,(H,17,18)(H4,12,13,14,15). The monoisotopic (exact) mass is 307 g/mol. The number of guanidine groups is 1. The quantitative estimate of drug-likeness (QED) is 0.332.